The van der Waals surface area contributed by atoms with Gasteiger partial charge in [-0.15, -0.1) is 11.6 Å². The lowest BCUT2D eigenvalue weighted by Crippen LogP contribution is -1.87. The molecule has 0 saturated carbocycles. The van der Waals surface area contributed by atoms with E-state index >= 15 is 0 Å². The van der Waals surface area contributed by atoms with Gasteiger partial charge in [0, 0.05) is 0 Å². The zero-order valence-electron chi connectivity index (χ0n) is 7.51. The summed E-state index contributed by atoms with van der Waals surface area (Å²) < 4.78 is 31.6. The Labute approximate surface area is 89.5 Å². The average Bonchev–Trinajstić information content (AvgIpc) is 2.66. The molecule has 0 N–H and O–H groups in total. The Balaban J connectivity index is 2.53. The highest BCUT2D eigenvalue weighted by molar-refractivity contribution is 6.16. The molecule has 0 aliphatic rings. The lowest BCUT2D eigenvalue weighted by Gasteiger charge is -1.99. The number of benzene rings is 1. The molecule has 0 bridgehead atoms. The molecule has 1 aromatic heterocycles. The molecule has 5 heteroatoms. The second kappa shape index (κ2) is 3.98. The smallest absolute Gasteiger partial charge is 0.209 e. The minimum Gasteiger partial charge on any atom is -0.439 e. The van der Waals surface area contributed by atoms with Crippen molar-refractivity contribution in [2.45, 2.75) is 5.88 Å². The van der Waals surface area contributed by atoms with Crippen molar-refractivity contribution in [3.8, 4) is 11.3 Å². The van der Waals surface area contributed by atoms with Crippen molar-refractivity contribution in [3.63, 3.8) is 0 Å². The number of rotatable bonds is 2. The molecule has 1 heterocycles. The van der Waals surface area contributed by atoms with Crippen LogP contribution in [-0.2, 0) is 5.88 Å². The van der Waals surface area contributed by atoms with E-state index in [1.165, 1.54) is 12.3 Å². The Bertz CT molecular complexity index is 464. The van der Waals surface area contributed by atoms with Gasteiger partial charge in [0.1, 0.15) is 11.6 Å². The third-order valence-corrected chi connectivity index (χ3v) is 2.11. The van der Waals surface area contributed by atoms with Gasteiger partial charge in [0.15, 0.2) is 5.76 Å². The molecule has 2 nitrogen and oxygen atoms in total. The summed E-state index contributed by atoms with van der Waals surface area (Å²) in [4.78, 5) is 3.76. The number of nitrogens with zero attached hydrogens (tertiary/aromatic N) is 1. The van der Waals surface area contributed by atoms with Crippen LogP contribution in [0.2, 0.25) is 0 Å². The lowest BCUT2D eigenvalue weighted by molar-refractivity contribution is 0.514. The molecule has 0 radical (unpaired) electrons. The van der Waals surface area contributed by atoms with Crippen molar-refractivity contribution < 1.29 is 13.2 Å². The predicted molar refractivity (Wildman–Crippen MR) is 51.4 cm³/mol. The van der Waals surface area contributed by atoms with Crippen LogP contribution in [0.15, 0.2) is 28.8 Å². The fraction of sp³-hybridized carbons (Fsp3) is 0.100. The zero-order chi connectivity index (χ0) is 10.8. The molecule has 0 saturated heterocycles. The summed E-state index contributed by atoms with van der Waals surface area (Å²) in [6, 6.07) is 3.59. The molecular weight excluding hydrogens is 224 g/mol. The molecule has 1 aromatic carbocycles. The summed E-state index contributed by atoms with van der Waals surface area (Å²) in [6.07, 6.45) is 1.25. The Morgan fingerprint density at radius 2 is 1.93 bits per heavy atom. The highest BCUT2D eigenvalue weighted by atomic mass is 35.5. The van der Waals surface area contributed by atoms with Crippen LogP contribution < -0.4 is 0 Å². The Hall–Kier alpha value is -1.42. The van der Waals surface area contributed by atoms with Gasteiger partial charge in [0.2, 0.25) is 5.89 Å². The monoisotopic (exact) mass is 229 g/mol. The van der Waals surface area contributed by atoms with E-state index in [1.807, 2.05) is 0 Å². The maximum Gasteiger partial charge on any atom is 0.209 e. The van der Waals surface area contributed by atoms with Gasteiger partial charge in [0.05, 0.1) is 17.6 Å². The van der Waals surface area contributed by atoms with E-state index in [4.69, 9.17) is 16.0 Å². The fourth-order valence-electron chi connectivity index (χ4n) is 1.22. The van der Waals surface area contributed by atoms with Gasteiger partial charge in [0.25, 0.3) is 0 Å². The maximum atomic E-state index is 13.3. The average molecular weight is 230 g/mol. The van der Waals surface area contributed by atoms with Crippen LogP contribution >= 0.6 is 11.6 Å². The predicted octanol–water partition coefficient (Wildman–Crippen LogP) is 3.36. The second-order valence-corrected chi connectivity index (χ2v) is 3.12. The van der Waals surface area contributed by atoms with Gasteiger partial charge in [-0.2, -0.15) is 0 Å². The molecule has 0 spiro atoms. The van der Waals surface area contributed by atoms with E-state index < -0.39 is 11.6 Å². The molecule has 0 amide bonds. The number of aromatic nitrogens is 1. The summed E-state index contributed by atoms with van der Waals surface area (Å²) in [5.41, 5.74) is -0.221. The maximum absolute atomic E-state index is 13.3. The largest absolute Gasteiger partial charge is 0.439 e. The van der Waals surface area contributed by atoms with Gasteiger partial charge in [-0.25, -0.2) is 13.8 Å². The van der Waals surface area contributed by atoms with Crippen molar-refractivity contribution >= 4 is 11.6 Å². The van der Waals surface area contributed by atoms with Crippen molar-refractivity contribution in [1.29, 1.82) is 0 Å². The van der Waals surface area contributed by atoms with Crippen LogP contribution in [0.4, 0.5) is 8.78 Å². The lowest BCUT2D eigenvalue weighted by atomic mass is 10.1. The third kappa shape index (κ3) is 1.85. The van der Waals surface area contributed by atoms with E-state index in [0.717, 1.165) is 12.1 Å². The molecular formula is C10H6ClF2NO. The van der Waals surface area contributed by atoms with E-state index in [-0.39, 0.29) is 23.1 Å². The van der Waals surface area contributed by atoms with Crippen molar-refractivity contribution in [3.05, 3.63) is 41.9 Å². The molecule has 2 aromatic rings. The van der Waals surface area contributed by atoms with Crippen LogP contribution in [-0.4, -0.2) is 4.98 Å². The van der Waals surface area contributed by atoms with Crippen molar-refractivity contribution in [2.24, 2.45) is 0 Å². The fourth-order valence-corrected chi connectivity index (χ4v) is 1.34. The molecule has 0 unspecified atom stereocenters. The Morgan fingerprint density at radius 1 is 1.27 bits per heavy atom. The van der Waals surface area contributed by atoms with Crippen molar-refractivity contribution in [2.75, 3.05) is 0 Å². The molecule has 15 heavy (non-hydrogen) atoms. The third-order valence-electron chi connectivity index (χ3n) is 1.88. The molecule has 0 aliphatic heterocycles. The quantitative estimate of drug-likeness (QED) is 0.738. The Kier molecular flexibility index (Phi) is 2.68. The van der Waals surface area contributed by atoms with Crippen LogP contribution in [0, 0.1) is 11.6 Å². The van der Waals surface area contributed by atoms with Gasteiger partial charge >= 0.3 is 0 Å². The van der Waals surface area contributed by atoms with Gasteiger partial charge in [-0.05, 0) is 12.1 Å². The molecule has 0 atom stereocenters. The topological polar surface area (TPSA) is 26.0 Å². The first-order chi connectivity index (χ1) is 7.22. The minimum absolute atomic E-state index is 0.0428. The van der Waals surface area contributed by atoms with Crippen LogP contribution in [0.25, 0.3) is 11.3 Å². The summed E-state index contributed by atoms with van der Waals surface area (Å²) in [5, 5.41) is 0. The van der Waals surface area contributed by atoms with E-state index in [2.05, 4.69) is 4.98 Å². The summed E-state index contributed by atoms with van der Waals surface area (Å²) in [6.45, 7) is 0. The normalized spacial score (nSPS) is 10.6. The van der Waals surface area contributed by atoms with Gasteiger partial charge < -0.3 is 4.42 Å². The molecule has 0 aliphatic carbocycles. The zero-order valence-corrected chi connectivity index (χ0v) is 8.26. The van der Waals surface area contributed by atoms with E-state index in [1.54, 1.807) is 0 Å². The standard InChI is InChI=1S/C10H6ClF2NO/c11-4-9-14-5-8(15-9)10-6(12)2-1-3-7(10)13/h1-3,5H,4H2. The summed E-state index contributed by atoms with van der Waals surface area (Å²) in [5.74, 6) is -1.04. The van der Waals surface area contributed by atoms with Crippen LogP contribution in [0.5, 0.6) is 0 Å². The second-order valence-electron chi connectivity index (χ2n) is 2.85. The molecule has 2 rings (SSSR count). The first-order valence-corrected chi connectivity index (χ1v) is 4.71. The van der Waals surface area contributed by atoms with Crippen LogP contribution in [0.3, 0.4) is 0 Å². The Morgan fingerprint density at radius 3 is 2.47 bits per heavy atom. The SMILES string of the molecule is Fc1cccc(F)c1-c1cnc(CCl)o1. The number of hydrogen-bond acceptors (Lipinski definition) is 2. The first-order valence-electron chi connectivity index (χ1n) is 4.17. The number of alkyl halides is 1. The number of halogens is 3. The van der Waals surface area contributed by atoms with E-state index in [9.17, 15) is 8.78 Å². The van der Waals surface area contributed by atoms with Crippen molar-refractivity contribution in [1.82, 2.24) is 4.98 Å². The molecule has 0 fully saturated rings. The highest BCUT2D eigenvalue weighted by Crippen LogP contribution is 2.26. The highest BCUT2D eigenvalue weighted by Gasteiger charge is 2.15. The minimum atomic E-state index is -0.688. The summed E-state index contributed by atoms with van der Waals surface area (Å²) in [7, 11) is 0. The first kappa shape index (κ1) is 10.1. The van der Waals surface area contributed by atoms with E-state index in [0.29, 0.717) is 0 Å². The van der Waals surface area contributed by atoms with Crippen LogP contribution in [0.1, 0.15) is 5.89 Å². The number of hydrogen-bond donors (Lipinski definition) is 0. The molecule has 78 valence electrons. The number of oxazole rings is 1. The summed E-state index contributed by atoms with van der Waals surface area (Å²) >= 11 is 5.46. The van der Waals surface area contributed by atoms with Gasteiger partial charge in [-0.3, -0.25) is 0 Å². The van der Waals surface area contributed by atoms with Gasteiger partial charge in [-0.1, -0.05) is 6.07 Å².